The number of hydrazone groups is 1. The number of phenols is 1. The van der Waals surface area contributed by atoms with Gasteiger partial charge in [-0.2, -0.15) is 5.10 Å². The van der Waals surface area contributed by atoms with Crippen LogP contribution in [-0.4, -0.2) is 27.6 Å². The van der Waals surface area contributed by atoms with E-state index in [1.807, 2.05) is 0 Å². The quantitative estimate of drug-likeness (QED) is 0.415. The number of carbonyl (C=O) groups excluding carboxylic acids is 2. The highest BCUT2D eigenvalue weighted by molar-refractivity contribution is 6.06. The van der Waals surface area contributed by atoms with Crippen LogP contribution < -0.4 is 10.7 Å². The van der Waals surface area contributed by atoms with Crippen LogP contribution in [0.5, 0.6) is 5.75 Å². The molecule has 134 valence electrons. The first-order chi connectivity index (χ1) is 12.4. The van der Waals surface area contributed by atoms with E-state index < -0.39 is 16.7 Å². The Morgan fingerprint density at radius 1 is 1.15 bits per heavy atom. The van der Waals surface area contributed by atoms with E-state index in [9.17, 15) is 24.8 Å². The smallest absolute Gasteiger partial charge is 0.275 e. The van der Waals surface area contributed by atoms with Crippen LogP contribution in [-0.2, 0) is 4.79 Å². The zero-order valence-corrected chi connectivity index (χ0v) is 13.8. The van der Waals surface area contributed by atoms with Crippen molar-refractivity contribution in [3.63, 3.8) is 0 Å². The third kappa shape index (κ3) is 5.13. The highest BCUT2D eigenvalue weighted by Crippen LogP contribution is 2.16. The van der Waals surface area contributed by atoms with Crippen LogP contribution in [0.4, 0.5) is 11.4 Å². The Morgan fingerprint density at radius 2 is 1.81 bits per heavy atom. The molecule has 2 aromatic carbocycles. The number of para-hydroxylation sites is 1. The number of phenolic OH excluding ortho intramolecular Hbond substituents is 1. The average Bonchev–Trinajstić information content (AvgIpc) is 2.60. The Morgan fingerprint density at radius 3 is 2.42 bits per heavy atom. The molecule has 0 radical (unpaired) electrons. The van der Waals surface area contributed by atoms with E-state index in [1.165, 1.54) is 36.4 Å². The second kappa shape index (κ2) is 8.38. The molecule has 0 unspecified atom stereocenters. The van der Waals surface area contributed by atoms with Gasteiger partial charge in [-0.15, -0.1) is 0 Å². The lowest BCUT2D eigenvalue weighted by molar-refractivity contribution is -0.384. The van der Waals surface area contributed by atoms with E-state index in [4.69, 9.17) is 0 Å². The predicted octanol–water partition coefficient (Wildman–Crippen LogP) is 2.43. The summed E-state index contributed by atoms with van der Waals surface area (Å²) >= 11 is 0. The van der Waals surface area contributed by atoms with Crippen LogP contribution in [0.25, 0.3) is 0 Å². The van der Waals surface area contributed by atoms with Crippen LogP contribution in [0.15, 0.2) is 53.6 Å². The SMILES string of the molecule is C/C(CC(=O)Nc1ccc([N+](=O)[O-])cc1)=N/NC(=O)c1ccccc1O. The fourth-order valence-corrected chi connectivity index (χ4v) is 2.02. The number of non-ortho nitro benzene ring substituents is 1. The number of aromatic hydroxyl groups is 1. The van der Waals surface area contributed by atoms with Crippen molar-refractivity contribution in [2.24, 2.45) is 5.10 Å². The number of nitro groups is 1. The number of benzene rings is 2. The van der Waals surface area contributed by atoms with Gasteiger partial charge in [0.25, 0.3) is 11.6 Å². The summed E-state index contributed by atoms with van der Waals surface area (Å²) in [7, 11) is 0. The van der Waals surface area contributed by atoms with Crippen molar-refractivity contribution in [1.82, 2.24) is 5.43 Å². The Bertz CT molecular complexity index is 862. The minimum Gasteiger partial charge on any atom is -0.507 e. The lowest BCUT2D eigenvalue weighted by atomic mass is 10.2. The number of anilines is 1. The van der Waals surface area contributed by atoms with Crippen molar-refractivity contribution in [3.05, 3.63) is 64.2 Å². The van der Waals surface area contributed by atoms with Gasteiger partial charge in [0.05, 0.1) is 16.9 Å². The van der Waals surface area contributed by atoms with E-state index in [-0.39, 0.29) is 23.4 Å². The third-order valence-corrected chi connectivity index (χ3v) is 3.28. The van der Waals surface area contributed by atoms with E-state index in [0.29, 0.717) is 11.4 Å². The van der Waals surface area contributed by atoms with E-state index in [1.54, 1.807) is 19.1 Å². The number of rotatable bonds is 6. The van der Waals surface area contributed by atoms with Gasteiger partial charge in [-0.3, -0.25) is 19.7 Å². The molecule has 2 aromatic rings. The summed E-state index contributed by atoms with van der Waals surface area (Å²) in [5.41, 5.74) is 3.01. The van der Waals surface area contributed by atoms with Crippen LogP contribution in [0.3, 0.4) is 0 Å². The number of amides is 2. The van der Waals surface area contributed by atoms with Crippen LogP contribution in [0.2, 0.25) is 0 Å². The Balaban J connectivity index is 1.89. The van der Waals surface area contributed by atoms with E-state index in [0.717, 1.165) is 0 Å². The zero-order chi connectivity index (χ0) is 19.1. The first-order valence-corrected chi connectivity index (χ1v) is 7.52. The lowest BCUT2D eigenvalue weighted by Gasteiger charge is -2.06. The number of hydrogen-bond acceptors (Lipinski definition) is 6. The highest BCUT2D eigenvalue weighted by Gasteiger charge is 2.11. The van der Waals surface area contributed by atoms with Crippen molar-refractivity contribution >= 4 is 28.9 Å². The molecular formula is C17H16N4O5. The third-order valence-electron chi connectivity index (χ3n) is 3.28. The predicted molar refractivity (Wildman–Crippen MR) is 95.0 cm³/mol. The summed E-state index contributed by atoms with van der Waals surface area (Å²) in [6.07, 6.45) is -0.0853. The molecule has 0 saturated heterocycles. The molecule has 9 heteroatoms. The average molecular weight is 356 g/mol. The maximum atomic E-state index is 11.9. The summed E-state index contributed by atoms with van der Waals surface area (Å²) in [5.74, 6) is -1.16. The van der Waals surface area contributed by atoms with Gasteiger partial charge in [0.15, 0.2) is 0 Å². The van der Waals surface area contributed by atoms with Gasteiger partial charge >= 0.3 is 0 Å². The molecular weight excluding hydrogens is 340 g/mol. The summed E-state index contributed by atoms with van der Waals surface area (Å²) in [4.78, 5) is 33.9. The van der Waals surface area contributed by atoms with Gasteiger partial charge in [0, 0.05) is 23.5 Å². The van der Waals surface area contributed by atoms with Gasteiger partial charge in [-0.05, 0) is 31.2 Å². The Hall–Kier alpha value is -3.75. The molecule has 0 aliphatic rings. The standard InChI is InChI=1S/C17H16N4O5/c1-11(19-20-17(24)14-4-2-3-5-15(14)22)10-16(23)18-12-6-8-13(9-7-12)21(25)26/h2-9,22H,10H2,1H3,(H,18,23)(H,20,24)/b19-11-. The molecule has 0 aliphatic heterocycles. The molecule has 0 atom stereocenters. The molecule has 0 fully saturated rings. The summed E-state index contributed by atoms with van der Waals surface area (Å²) < 4.78 is 0. The van der Waals surface area contributed by atoms with Crippen LogP contribution >= 0.6 is 0 Å². The molecule has 2 amide bonds. The monoisotopic (exact) mass is 356 g/mol. The molecule has 3 N–H and O–H groups in total. The molecule has 0 aliphatic carbocycles. The fourth-order valence-electron chi connectivity index (χ4n) is 2.02. The number of nitro benzene ring substituents is 1. The van der Waals surface area contributed by atoms with Crippen molar-refractivity contribution in [1.29, 1.82) is 0 Å². The molecule has 26 heavy (non-hydrogen) atoms. The number of nitrogens with one attached hydrogen (secondary N) is 2. The number of carbonyl (C=O) groups is 2. The van der Waals surface area contributed by atoms with Crippen molar-refractivity contribution in [3.8, 4) is 5.75 Å². The number of hydrogen-bond donors (Lipinski definition) is 3. The fraction of sp³-hybridized carbons (Fsp3) is 0.118. The van der Waals surface area contributed by atoms with Gasteiger partial charge in [-0.1, -0.05) is 12.1 Å². The molecule has 0 aromatic heterocycles. The minimum absolute atomic E-state index is 0.0689. The van der Waals surface area contributed by atoms with E-state index >= 15 is 0 Å². The van der Waals surface area contributed by atoms with Gasteiger partial charge in [0.1, 0.15) is 5.75 Å². The second-order valence-electron chi connectivity index (χ2n) is 5.33. The normalized spacial score (nSPS) is 10.9. The molecule has 9 nitrogen and oxygen atoms in total. The minimum atomic E-state index is -0.599. The summed E-state index contributed by atoms with van der Waals surface area (Å²) in [6, 6.07) is 11.4. The van der Waals surface area contributed by atoms with Crippen LogP contribution in [0, 0.1) is 10.1 Å². The highest BCUT2D eigenvalue weighted by atomic mass is 16.6. The largest absolute Gasteiger partial charge is 0.507 e. The van der Waals surface area contributed by atoms with Gasteiger partial charge in [-0.25, -0.2) is 5.43 Å². The topological polar surface area (TPSA) is 134 Å². The summed E-state index contributed by atoms with van der Waals surface area (Å²) in [6.45, 7) is 1.56. The molecule has 0 spiro atoms. The van der Waals surface area contributed by atoms with Crippen molar-refractivity contribution < 1.29 is 19.6 Å². The number of nitrogens with zero attached hydrogens (tertiary/aromatic N) is 2. The first kappa shape index (κ1) is 18.6. The molecule has 0 saturated carbocycles. The van der Waals surface area contributed by atoms with Gasteiger partial charge in [0.2, 0.25) is 5.91 Å². The van der Waals surface area contributed by atoms with E-state index in [2.05, 4.69) is 15.8 Å². The van der Waals surface area contributed by atoms with Gasteiger partial charge < -0.3 is 10.4 Å². The summed E-state index contributed by atoms with van der Waals surface area (Å²) in [5, 5.41) is 26.6. The van der Waals surface area contributed by atoms with Crippen molar-refractivity contribution in [2.45, 2.75) is 13.3 Å². The lowest BCUT2D eigenvalue weighted by Crippen LogP contribution is -2.21. The first-order valence-electron chi connectivity index (χ1n) is 7.52. The maximum absolute atomic E-state index is 11.9. The Kier molecular flexibility index (Phi) is 5.99. The van der Waals surface area contributed by atoms with Crippen LogP contribution in [0.1, 0.15) is 23.7 Å². The molecule has 0 bridgehead atoms. The maximum Gasteiger partial charge on any atom is 0.275 e. The molecule has 2 rings (SSSR count). The zero-order valence-electron chi connectivity index (χ0n) is 13.8. The molecule has 0 heterocycles. The van der Waals surface area contributed by atoms with Crippen molar-refractivity contribution in [2.75, 3.05) is 5.32 Å². The Labute approximate surface area is 148 Å². The second-order valence-corrected chi connectivity index (χ2v) is 5.33.